The number of nitro benzene ring substituents is 1. The van der Waals surface area contributed by atoms with Gasteiger partial charge >= 0.3 is 11.9 Å². The maximum atomic E-state index is 11.7. The third-order valence-electron chi connectivity index (χ3n) is 4.34. The zero-order valence-electron chi connectivity index (χ0n) is 12.1. The second kappa shape index (κ2) is 5.28. The van der Waals surface area contributed by atoms with Crippen LogP contribution in [0.3, 0.4) is 0 Å². The van der Waals surface area contributed by atoms with Crippen molar-refractivity contribution >= 4 is 23.3 Å². The smallest absolute Gasteiger partial charge is 0.323 e. The lowest BCUT2D eigenvalue weighted by Gasteiger charge is -2.45. The summed E-state index contributed by atoms with van der Waals surface area (Å²) < 4.78 is 0. The van der Waals surface area contributed by atoms with Crippen LogP contribution < -0.4 is 4.90 Å². The molecule has 1 aromatic carbocycles. The van der Waals surface area contributed by atoms with Crippen molar-refractivity contribution in [2.75, 3.05) is 11.4 Å². The second-order valence-corrected chi connectivity index (χ2v) is 5.29. The van der Waals surface area contributed by atoms with Gasteiger partial charge in [-0.05, 0) is 25.5 Å². The minimum absolute atomic E-state index is 0.186. The van der Waals surface area contributed by atoms with Gasteiger partial charge in [0.25, 0.3) is 5.69 Å². The van der Waals surface area contributed by atoms with Crippen LogP contribution in [-0.2, 0) is 16.0 Å². The van der Waals surface area contributed by atoms with E-state index in [2.05, 4.69) is 0 Å². The SMILES string of the molecule is CCN1c2ccc([N+](=O)[O-])cc2CC(C(=O)O)(C(=O)O)[C@H]1C. The molecule has 1 heterocycles. The molecule has 0 spiro atoms. The van der Waals surface area contributed by atoms with Crippen LogP contribution >= 0.6 is 0 Å². The molecular formula is C14H16N2O6. The Hall–Kier alpha value is -2.64. The summed E-state index contributed by atoms with van der Waals surface area (Å²) in [6.07, 6.45) is -0.285. The van der Waals surface area contributed by atoms with Gasteiger partial charge in [-0.3, -0.25) is 19.7 Å². The van der Waals surface area contributed by atoms with Crippen molar-refractivity contribution in [2.24, 2.45) is 5.41 Å². The van der Waals surface area contributed by atoms with E-state index in [-0.39, 0.29) is 12.1 Å². The van der Waals surface area contributed by atoms with E-state index in [1.54, 1.807) is 24.8 Å². The lowest BCUT2D eigenvalue weighted by molar-refractivity contribution is -0.384. The van der Waals surface area contributed by atoms with Crippen LogP contribution in [0.4, 0.5) is 11.4 Å². The number of carboxylic acid groups (broad SMARTS) is 2. The van der Waals surface area contributed by atoms with E-state index in [4.69, 9.17) is 0 Å². The predicted octanol–water partition coefficient (Wildman–Crippen LogP) is 1.52. The number of carboxylic acids is 2. The number of hydrogen-bond donors (Lipinski definition) is 2. The molecule has 0 saturated carbocycles. The summed E-state index contributed by atoms with van der Waals surface area (Å²) in [5.74, 6) is -2.88. The van der Waals surface area contributed by atoms with Crippen LogP contribution in [0.5, 0.6) is 0 Å². The van der Waals surface area contributed by atoms with Crippen molar-refractivity contribution in [3.63, 3.8) is 0 Å². The Morgan fingerprint density at radius 3 is 2.45 bits per heavy atom. The number of carbonyl (C=O) groups is 2. The van der Waals surface area contributed by atoms with Crippen LogP contribution in [0.1, 0.15) is 19.4 Å². The summed E-state index contributed by atoms with van der Waals surface area (Å²) in [5, 5.41) is 29.9. The number of rotatable bonds is 4. The summed E-state index contributed by atoms with van der Waals surface area (Å²) in [7, 11) is 0. The van der Waals surface area contributed by atoms with Crippen molar-refractivity contribution < 1.29 is 24.7 Å². The van der Waals surface area contributed by atoms with Gasteiger partial charge in [-0.2, -0.15) is 0 Å². The van der Waals surface area contributed by atoms with E-state index >= 15 is 0 Å². The van der Waals surface area contributed by atoms with Crippen molar-refractivity contribution in [1.82, 2.24) is 0 Å². The highest BCUT2D eigenvalue weighted by Gasteiger charge is 2.56. The van der Waals surface area contributed by atoms with E-state index in [1.807, 2.05) is 0 Å². The molecule has 1 atom stereocenters. The van der Waals surface area contributed by atoms with E-state index < -0.39 is 28.3 Å². The summed E-state index contributed by atoms with van der Waals surface area (Å²) in [6.45, 7) is 3.73. The summed E-state index contributed by atoms with van der Waals surface area (Å²) in [5.41, 5.74) is -1.22. The Labute approximate surface area is 126 Å². The second-order valence-electron chi connectivity index (χ2n) is 5.29. The number of non-ortho nitro benzene ring substituents is 1. The first kappa shape index (κ1) is 15.7. The van der Waals surface area contributed by atoms with E-state index in [0.29, 0.717) is 17.8 Å². The average Bonchev–Trinajstić information content (AvgIpc) is 2.45. The molecule has 2 N–H and O–H groups in total. The van der Waals surface area contributed by atoms with Crippen LogP contribution in [0.25, 0.3) is 0 Å². The Bertz CT molecular complexity index is 643. The number of aliphatic carboxylic acids is 2. The van der Waals surface area contributed by atoms with Crippen molar-refractivity contribution in [1.29, 1.82) is 0 Å². The molecule has 1 aliphatic heterocycles. The van der Waals surface area contributed by atoms with Gasteiger partial charge < -0.3 is 15.1 Å². The molecule has 0 saturated heterocycles. The third kappa shape index (κ3) is 2.07. The summed E-state index contributed by atoms with van der Waals surface area (Å²) in [4.78, 5) is 35.3. The molecule has 1 aliphatic rings. The van der Waals surface area contributed by atoms with Crippen LogP contribution in [-0.4, -0.2) is 39.7 Å². The Morgan fingerprint density at radius 2 is 2.00 bits per heavy atom. The molecule has 118 valence electrons. The molecule has 8 heteroatoms. The lowest BCUT2D eigenvalue weighted by Crippen LogP contribution is -2.59. The summed E-state index contributed by atoms with van der Waals surface area (Å²) >= 11 is 0. The molecule has 0 aromatic heterocycles. The van der Waals surface area contributed by atoms with Gasteiger partial charge in [0.15, 0.2) is 5.41 Å². The van der Waals surface area contributed by atoms with E-state index in [0.717, 1.165) is 0 Å². The highest BCUT2D eigenvalue weighted by Crippen LogP contribution is 2.43. The number of anilines is 1. The van der Waals surface area contributed by atoms with E-state index in [9.17, 15) is 29.9 Å². The largest absolute Gasteiger partial charge is 0.480 e. The van der Waals surface area contributed by atoms with Gasteiger partial charge in [0.05, 0.1) is 11.0 Å². The number of nitrogens with zero attached hydrogens (tertiary/aromatic N) is 2. The van der Waals surface area contributed by atoms with Gasteiger partial charge in [0.2, 0.25) is 0 Å². The van der Waals surface area contributed by atoms with Crippen LogP contribution in [0.2, 0.25) is 0 Å². The van der Waals surface area contributed by atoms with Gasteiger partial charge in [-0.15, -0.1) is 0 Å². The monoisotopic (exact) mass is 308 g/mol. The first-order valence-electron chi connectivity index (χ1n) is 6.76. The number of fused-ring (bicyclic) bond motifs is 1. The molecule has 8 nitrogen and oxygen atoms in total. The Balaban J connectivity index is 2.67. The zero-order valence-corrected chi connectivity index (χ0v) is 12.1. The molecule has 0 radical (unpaired) electrons. The van der Waals surface area contributed by atoms with Crippen molar-refractivity contribution in [2.45, 2.75) is 26.3 Å². The topological polar surface area (TPSA) is 121 Å². The van der Waals surface area contributed by atoms with Gasteiger partial charge in [-0.1, -0.05) is 0 Å². The minimum atomic E-state index is -2.03. The molecule has 0 amide bonds. The fourth-order valence-corrected chi connectivity index (χ4v) is 3.07. The van der Waals surface area contributed by atoms with Gasteiger partial charge in [-0.25, -0.2) is 0 Å². The standard InChI is InChI=1S/C14H16N2O6/c1-3-15-8(2)14(12(17)18,13(19)20)7-9-6-10(16(21)22)4-5-11(9)15/h4-6,8H,3,7H2,1-2H3,(H,17,18)(H,19,20)/t8-/m1/s1. The molecule has 0 unspecified atom stereocenters. The normalized spacial score (nSPS) is 19.4. The maximum Gasteiger partial charge on any atom is 0.323 e. The summed E-state index contributed by atoms with van der Waals surface area (Å²) in [6, 6.07) is 3.36. The molecular weight excluding hydrogens is 292 g/mol. The average molecular weight is 308 g/mol. The Morgan fingerprint density at radius 1 is 1.41 bits per heavy atom. The molecule has 0 aliphatic carbocycles. The van der Waals surface area contributed by atoms with Gasteiger partial charge in [0.1, 0.15) is 0 Å². The van der Waals surface area contributed by atoms with Crippen LogP contribution in [0, 0.1) is 15.5 Å². The molecule has 1 aromatic rings. The van der Waals surface area contributed by atoms with E-state index in [1.165, 1.54) is 12.1 Å². The Kier molecular flexibility index (Phi) is 3.78. The molecule has 2 rings (SSSR count). The quantitative estimate of drug-likeness (QED) is 0.491. The number of nitro groups is 1. The predicted molar refractivity (Wildman–Crippen MR) is 77.0 cm³/mol. The number of hydrogen-bond acceptors (Lipinski definition) is 5. The van der Waals surface area contributed by atoms with Crippen molar-refractivity contribution in [3.8, 4) is 0 Å². The highest BCUT2D eigenvalue weighted by molar-refractivity contribution is 6.01. The first-order chi connectivity index (χ1) is 10.3. The fourth-order valence-electron chi connectivity index (χ4n) is 3.07. The fraction of sp³-hybridized carbons (Fsp3) is 0.429. The maximum absolute atomic E-state index is 11.7. The van der Waals surface area contributed by atoms with Crippen molar-refractivity contribution in [3.05, 3.63) is 33.9 Å². The highest BCUT2D eigenvalue weighted by atomic mass is 16.6. The number of benzene rings is 1. The molecule has 0 fully saturated rings. The van der Waals surface area contributed by atoms with Gasteiger partial charge in [0, 0.05) is 30.8 Å². The third-order valence-corrected chi connectivity index (χ3v) is 4.34. The minimum Gasteiger partial charge on any atom is -0.480 e. The molecule has 22 heavy (non-hydrogen) atoms. The lowest BCUT2D eigenvalue weighted by atomic mass is 9.71. The first-order valence-corrected chi connectivity index (χ1v) is 6.76. The van der Waals surface area contributed by atoms with Crippen LogP contribution in [0.15, 0.2) is 18.2 Å². The zero-order chi connectivity index (χ0) is 16.7. The molecule has 0 bridgehead atoms.